The lowest BCUT2D eigenvalue weighted by atomic mass is 9.64. The number of aromatic nitrogens is 1. The molecule has 38 heavy (non-hydrogen) atoms. The third-order valence-electron chi connectivity index (χ3n) is 6.31. The quantitative estimate of drug-likeness (QED) is 0.279. The third-order valence-corrected chi connectivity index (χ3v) is 7.00. The van der Waals surface area contributed by atoms with Gasteiger partial charge in [0, 0.05) is 37.3 Å². The van der Waals surface area contributed by atoms with Crippen molar-refractivity contribution in [1.29, 1.82) is 0 Å². The number of carbonyl (C=O) groups is 5. The minimum Gasteiger partial charge on any atom is -0.535 e. The number of piperazine rings is 1. The number of urea groups is 1. The van der Waals surface area contributed by atoms with Crippen molar-refractivity contribution >= 4 is 53.2 Å². The van der Waals surface area contributed by atoms with Crippen molar-refractivity contribution in [2.24, 2.45) is 0 Å². The van der Waals surface area contributed by atoms with Gasteiger partial charge in [0.25, 0.3) is 0 Å². The maximum atomic E-state index is 14.0. The molecule has 1 fully saturated rings. The largest absolute Gasteiger partial charge is 0.535 e. The molecule has 2 aromatic rings. The number of aromatic carboxylic acids is 1. The Morgan fingerprint density at radius 1 is 1.32 bits per heavy atom. The summed E-state index contributed by atoms with van der Waals surface area (Å²) in [5.41, 5.74) is 5.48. The predicted molar refractivity (Wildman–Crippen MR) is 131 cm³/mol. The summed E-state index contributed by atoms with van der Waals surface area (Å²) in [7, 11) is -1.60. The summed E-state index contributed by atoms with van der Waals surface area (Å²) < 4.78 is 19.4. The van der Waals surface area contributed by atoms with E-state index in [0.29, 0.717) is 11.4 Å². The number of imide groups is 1. The zero-order valence-electron chi connectivity index (χ0n) is 20.0. The number of nitrogens with one attached hydrogen (secondary N) is 1. The topological polar surface area (TPSA) is 192 Å². The average molecular weight is 547 g/mol. The number of thiazole rings is 1. The van der Waals surface area contributed by atoms with Crippen LogP contribution in [0.1, 0.15) is 41.0 Å². The molecule has 0 saturated carbocycles. The molecule has 2 atom stereocenters. The Hall–Kier alpha value is -4.05. The van der Waals surface area contributed by atoms with Gasteiger partial charge in [-0.05, 0) is 31.0 Å². The molecule has 4 amide bonds. The first kappa shape index (κ1) is 27.0. The molecule has 0 aliphatic carbocycles. The zero-order chi connectivity index (χ0) is 27.7. The standard InChI is InChI=1S/C22H23BFN5O8S/c1-2-28-3-4-29(19(32)18(28)31)22(35)27-16(14-9-38-21(25)26-14)15(30)7-11-5-10-6-12(24)8-13(20(33)34)17(10)37-23(11)36/h6,8-9,11,16,36H,2-5,7H2,1H3,(H2,25,26)(H,27,35)(H,33,34)/t11-,16?/m1/s1. The number of carboxylic acids is 1. The Morgan fingerprint density at radius 2 is 2.05 bits per heavy atom. The van der Waals surface area contributed by atoms with E-state index in [1.54, 1.807) is 6.92 Å². The Morgan fingerprint density at radius 3 is 2.68 bits per heavy atom. The van der Waals surface area contributed by atoms with Crippen molar-refractivity contribution in [3.8, 4) is 5.75 Å². The maximum Gasteiger partial charge on any atom is 0.526 e. The number of likely N-dealkylation sites (N-methyl/N-ethyl adjacent to an activating group) is 1. The van der Waals surface area contributed by atoms with Gasteiger partial charge in [-0.2, -0.15) is 0 Å². The van der Waals surface area contributed by atoms with Crippen LogP contribution in [0, 0.1) is 5.82 Å². The van der Waals surface area contributed by atoms with Crippen LogP contribution in [-0.2, 0) is 20.8 Å². The first-order valence-electron chi connectivity index (χ1n) is 11.5. The summed E-state index contributed by atoms with van der Waals surface area (Å²) in [6.07, 6.45) is -0.482. The number of halogens is 1. The van der Waals surface area contributed by atoms with Crippen molar-refractivity contribution in [2.45, 2.75) is 31.6 Å². The van der Waals surface area contributed by atoms with Gasteiger partial charge < -0.3 is 30.7 Å². The number of Topliss-reactive ketones (excluding diaryl/α,β-unsaturated/α-hetero) is 1. The highest BCUT2D eigenvalue weighted by molar-refractivity contribution is 7.13. The van der Waals surface area contributed by atoms with E-state index in [-0.39, 0.29) is 41.6 Å². The molecular weight excluding hydrogens is 524 g/mol. The van der Waals surface area contributed by atoms with E-state index in [9.17, 15) is 38.5 Å². The lowest BCUT2D eigenvalue weighted by Crippen LogP contribution is -2.58. The minimum absolute atomic E-state index is 0.0756. The van der Waals surface area contributed by atoms with Crippen molar-refractivity contribution in [3.05, 3.63) is 40.2 Å². The molecule has 1 saturated heterocycles. The van der Waals surface area contributed by atoms with Crippen molar-refractivity contribution in [3.63, 3.8) is 0 Å². The Bertz CT molecular complexity index is 1320. The van der Waals surface area contributed by atoms with Gasteiger partial charge in [0.05, 0.1) is 5.69 Å². The first-order chi connectivity index (χ1) is 18.0. The SMILES string of the molecule is CCN1CCN(C(=O)NC(C(=O)C[C@H]2Cc3cc(F)cc(C(=O)O)c3OB2O)c2csc(N)n2)C(=O)C1=O. The molecule has 1 aromatic heterocycles. The number of nitrogens with two attached hydrogens (primary N) is 1. The fraction of sp³-hybridized carbons (Fsp3) is 0.364. The number of fused-ring (bicyclic) bond motifs is 1. The van der Waals surface area contributed by atoms with Crippen LogP contribution in [-0.4, -0.2) is 81.3 Å². The molecule has 2 aliphatic rings. The van der Waals surface area contributed by atoms with E-state index in [1.165, 1.54) is 10.3 Å². The Balaban J connectivity index is 1.54. The maximum absolute atomic E-state index is 14.0. The molecule has 3 heterocycles. The van der Waals surface area contributed by atoms with E-state index in [0.717, 1.165) is 23.5 Å². The first-order valence-corrected chi connectivity index (χ1v) is 12.4. The normalized spacial score (nSPS) is 18.1. The van der Waals surface area contributed by atoms with Crippen molar-refractivity contribution in [1.82, 2.24) is 20.1 Å². The van der Waals surface area contributed by atoms with Crippen LogP contribution < -0.4 is 15.7 Å². The van der Waals surface area contributed by atoms with Gasteiger partial charge in [0.15, 0.2) is 10.9 Å². The molecule has 1 aromatic carbocycles. The second-order valence-corrected chi connectivity index (χ2v) is 9.61. The van der Waals surface area contributed by atoms with Gasteiger partial charge in [0.1, 0.15) is 23.2 Å². The Kier molecular flexibility index (Phi) is 7.64. The van der Waals surface area contributed by atoms with Crippen LogP contribution >= 0.6 is 11.3 Å². The van der Waals surface area contributed by atoms with E-state index in [2.05, 4.69) is 10.3 Å². The van der Waals surface area contributed by atoms with Crippen LogP contribution in [0.5, 0.6) is 5.75 Å². The van der Waals surface area contributed by atoms with Crippen LogP contribution in [0.2, 0.25) is 5.82 Å². The molecule has 0 spiro atoms. The minimum atomic E-state index is -1.60. The van der Waals surface area contributed by atoms with Crippen molar-refractivity contribution < 1.29 is 43.1 Å². The van der Waals surface area contributed by atoms with Gasteiger partial charge in [0.2, 0.25) is 0 Å². The summed E-state index contributed by atoms with van der Waals surface area (Å²) in [4.78, 5) is 68.5. The lowest BCUT2D eigenvalue weighted by Gasteiger charge is -2.33. The second kappa shape index (κ2) is 10.7. The summed E-state index contributed by atoms with van der Waals surface area (Å²) in [6.45, 7) is 2.05. The number of carboxylic acid groups (broad SMARTS) is 1. The van der Waals surface area contributed by atoms with Crippen LogP contribution in [0.25, 0.3) is 0 Å². The number of anilines is 1. The zero-order valence-corrected chi connectivity index (χ0v) is 20.9. The molecule has 5 N–H and O–H groups in total. The van der Waals surface area contributed by atoms with Crippen LogP contribution in [0.15, 0.2) is 17.5 Å². The number of carbonyl (C=O) groups excluding carboxylic acids is 4. The molecular formula is C22H23BFN5O8S. The number of nitrogens with zero attached hydrogens (tertiary/aromatic N) is 3. The van der Waals surface area contributed by atoms with Crippen molar-refractivity contribution in [2.75, 3.05) is 25.4 Å². The van der Waals surface area contributed by atoms with E-state index < -0.39 is 66.4 Å². The van der Waals surface area contributed by atoms with Gasteiger partial charge >= 0.3 is 30.9 Å². The molecule has 2 aliphatic heterocycles. The average Bonchev–Trinajstić information content (AvgIpc) is 3.29. The molecule has 13 nitrogen and oxygen atoms in total. The molecule has 4 rings (SSSR count). The van der Waals surface area contributed by atoms with Gasteiger partial charge in [-0.15, -0.1) is 11.3 Å². The number of nitrogen functional groups attached to an aromatic ring is 1. The van der Waals surface area contributed by atoms with Gasteiger partial charge in [-0.25, -0.2) is 19.0 Å². The van der Waals surface area contributed by atoms with Crippen LogP contribution in [0.4, 0.5) is 14.3 Å². The number of benzene rings is 1. The van der Waals surface area contributed by atoms with Gasteiger partial charge in [-0.3, -0.25) is 19.3 Å². The van der Waals surface area contributed by atoms with E-state index in [1.807, 2.05) is 0 Å². The summed E-state index contributed by atoms with van der Waals surface area (Å²) in [6, 6.07) is -0.546. The fourth-order valence-electron chi connectivity index (χ4n) is 4.37. The molecule has 200 valence electrons. The van der Waals surface area contributed by atoms with E-state index in [4.69, 9.17) is 10.4 Å². The molecule has 1 unspecified atom stereocenters. The second-order valence-electron chi connectivity index (χ2n) is 8.72. The number of ketones is 1. The number of amides is 4. The Labute approximate surface area is 219 Å². The smallest absolute Gasteiger partial charge is 0.526 e. The molecule has 0 bridgehead atoms. The molecule has 0 radical (unpaired) electrons. The highest BCUT2D eigenvalue weighted by Crippen LogP contribution is 2.38. The number of hydrogen-bond donors (Lipinski definition) is 4. The summed E-state index contributed by atoms with van der Waals surface area (Å²) >= 11 is 1.01. The van der Waals surface area contributed by atoms with Gasteiger partial charge in [-0.1, -0.05) is 0 Å². The summed E-state index contributed by atoms with van der Waals surface area (Å²) in [5.74, 6) is -5.91. The fourth-order valence-corrected chi connectivity index (χ4v) is 4.96. The molecule has 16 heteroatoms. The monoisotopic (exact) mass is 547 g/mol. The predicted octanol–water partition coefficient (Wildman–Crippen LogP) is 0.449. The highest BCUT2D eigenvalue weighted by Gasteiger charge is 2.41. The summed E-state index contributed by atoms with van der Waals surface area (Å²) in [5, 5.41) is 23.8. The highest BCUT2D eigenvalue weighted by atomic mass is 32.1. The number of rotatable bonds is 7. The van der Waals surface area contributed by atoms with Crippen LogP contribution in [0.3, 0.4) is 0 Å². The third kappa shape index (κ3) is 5.31. The van der Waals surface area contributed by atoms with E-state index >= 15 is 0 Å². The lowest BCUT2D eigenvalue weighted by molar-refractivity contribution is -0.153. The number of hydrogen-bond acceptors (Lipinski definition) is 10.